The molecular formula is C13H7FN2O3. The molecule has 0 bridgehead atoms. The number of carbonyl (C=O) groups is 1. The third-order valence-electron chi connectivity index (χ3n) is 2.65. The Kier molecular flexibility index (Phi) is 2.49. The van der Waals surface area contributed by atoms with E-state index in [1.807, 2.05) is 0 Å². The molecule has 0 saturated carbocycles. The quantitative estimate of drug-likeness (QED) is 0.764. The topological polar surface area (TPSA) is 76.2 Å². The number of oxazole rings is 1. The molecule has 0 atom stereocenters. The van der Waals surface area contributed by atoms with Crippen LogP contribution in [0.25, 0.3) is 22.6 Å². The summed E-state index contributed by atoms with van der Waals surface area (Å²) in [5.41, 5.74) is 0.626. The lowest BCUT2D eigenvalue weighted by molar-refractivity contribution is 0.0698. The lowest BCUT2D eigenvalue weighted by atomic mass is 10.2. The molecule has 0 fully saturated rings. The van der Waals surface area contributed by atoms with Gasteiger partial charge in [-0.3, -0.25) is 4.98 Å². The zero-order chi connectivity index (χ0) is 13.4. The molecule has 2 heterocycles. The Morgan fingerprint density at radius 1 is 1.32 bits per heavy atom. The number of hydrogen-bond donors (Lipinski definition) is 1. The van der Waals surface area contributed by atoms with E-state index < -0.39 is 11.8 Å². The average Bonchev–Trinajstić information content (AvgIpc) is 2.82. The zero-order valence-electron chi connectivity index (χ0n) is 9.50. The van der Waals surface area contributed by atoms with Crippen LogP contribution in [0.1, 0.15) is 10.4 Å². The summed E-state index contributed by atoms with van der Waals surface area (Å²) in [5, 5.41) is 9.05. The Labute approximate surface area is 106 Å². The van der Waals surface area contributed by atoms with Gasteiger partial charge in [0.05, 0.1) is 11.8 Å². The Morgan fingerprint density at radius 2 is 2.16 bits per heavy atom. The summed E-state index contributed by atoms with van der Waals surface area (Å²) in [4.78, 5) is 18.8. The van der Waals surface area contributed by atoms with Gasteiger partial charge in [-0.2, -0.15) is 0 Å². The zero-order valence-corrected chi connectivity index (χ0v) is 9.50. The van der Waals surface area contributed by atoms with E-state index in [9.17, 15) is 9.18 Å². The normalized spacial score (nSPS) is 10.8. The summed E-state index contributed by atoms with van der Waals surface area (Å²) in [5.74, 6) is -1.67. The minimum Gasteiger partial charge on any atom is -0.478 e. The van der Waals surface area contributed by atoms with Crippen molar-refractivity contribution in [1.82, 2.24) is 9.97 Å². The molecule has 6 heteroatoms. The van der Waals surface area contributed by atoms with Crippen LogP contribution in [-0.4, -0.2) is 21.0 Å². The maximum atomic E-state index is 13.6. The van der Waals surface area contributed by atoms with Gasteiger partial charge in [-0.25, -0.2) is 14.2 Å². The van der Waals surface area contributed by atoms with E-state index in [2.05, 4.69) is 9.97 Å². The predicted octanol–water partition coefficient (Wildman–Crippen LogP) is 2.73. The monoisotopic (exact) mass is 258 g/mol. The second kappa shape index (κ2) is 4.16. The summed E-state index contributed by atoms with van der Waals surface area (Å²) in [6, 6.07) is 5.98. The standard InChI is InChI=1S/C13H7FN2O3/c14-9-6-15-5-4-7(9)12-16-10-3-1-2-8(13(17)18)11(10)19-12/h1-6H,(H,17,18). The third kappa shape index (κ3) is 1.83. The second-order valence-corrected chi connectivity index (χ2v) is 3.83. The van der Waals surface area contributed by atoms with E-state index in [4.69, 9.17) is 9.52 Å². The molecule has 0 unspecified atom stereocenters. The summed E-state index contributed by atoms with van der Waals surface area (Å²) in [6.07, 6.45) is 2.45. The average molecular weight is 258 g/mol. The molecule has 0 saturated heterocycles. The fourth-order valence-electron chi connectivity index (χ4n) is 1.78. The molecule has 94 valence electrons. The summed E-state index contributed by atoms with van der Waals surface area (Å²) in [7, 11) is 0. The van der Waals surface area contributed by atoms with Crippen molar-refractivity contribution in [2.45, 2.75) is 0 Å². The molecule has 2 aromatic heterocycles. The number of rotatable bonds is 2. The van der Waals surface area contributed by atoms with Gasteiger partial charge in [-0.05, 0) is 18.2 Å². The van der Waals surface area contributed by atoms with Gasteiger partial charge in [0, 0.05) is 6.20 Å². The summed E-state index contributed by atoms with van der Waals surface area (Å²) >= 11 is 0. The summed E-state index contributed by atoms with van der Waals surface area (Å²) < 4.78 is 19.0. The van der Waals surface area contributed by atoms with Crippen LogP contribution in [0.2, 0.25) is 0 Å². The number of halogens is 1. The Balaban J connectivity index is 2.26. The molecule has 0 amide bonds. The Hall–Kier alpha value is -2.76. The number of nitrogens with zero attached hydrogens (tertiary/aromatic N) is 2. The highest BCUT2D eigenvalue weighted by Crippen LogP contribution is 2.27. The molecule has 3 aromatic rings. The van der Waals surface area contributed by atoms with E-state index in [1.165, 1.54) is 18.3 Å². The lowest BCUT2D eigenvalue weighted by Crippen LogP contribution is -1.95. The van der Waals surface area contributed by atoms with Crippen molar-refractivity contribution in [3.8, 4) is 11.5 Å². The minimum atomic E-state index is -1.12. The van der Waals surface area contributed by atoms with E-state index in [1.54, 1.807) is 12.1 Å². The van der Waals surface area contributed by atoms with Crippen LogP contribution in [0, 0.1) is 5.82 Å². The van der Waals surface area contributed by atoms with E-state index in [0.29, 0.717) is 5.52 Å². The van der Waals surface area contributed by atoms with Crippen molar-refractivity contribution in [3.05, 3.63) is 48.0 Å². The number of aromatic nitrogens is 2. The van der Waals surface area contributed by atoms with Crippen molar-refractivity contribution in [1.29, 1.82) is 0 Å². The maximum absolute atomic E-state index is 13.6. The molecule has 5 nitrogen and oxygen atoms in total. The smallest absolute Gasteiger partial charge is 0.339 e. The van der Waals surface area contributed by atoms with Gasteiger partial charge in [-0.1, -0.05) is 6.07 Å². The van der Waals surface area contributed by atoms with Gasteiger partial charge >= 0.3 is 5.97 Å². The molecule has 3 rings (SSSR count). The number of pyridine rings is 1. The van der Waals surface area contributed by atoms with Crippen LogP contribution < -0.4 is 0 Å². The molecule has 0 aliphatic heterocycles. The van der Waals surface area contributed by atoms with Crippen LogP contribution in [0.3, 0.4) is 0 Å². The van der Waals surface area contributed by atoms with Crippen molar-refractivity contribution in [2.75, 3.05) is 0 Å². The van der Waals surface area contributed by atoms with E-state index >= 15 is 0 Å². The largest absolute Gasteiger partial charge is 0.478 e. The van der Waals surface area contributed by atoms with Crippen LogP contribution in [0.4, 0.5) is 4.39 Å². The number of benzene rings is 1. The van der Waals surface area contributed by atoms with Crippen molar-refractivity contribution in [2.24, 2.45) is 0 Å². The number of carboxylic acid groups (broad SMARTS) is 1. The number of carboxylic acids is 1. The molecule has 1 aromatic carbocycles. The first-order valence-electron chi connectivity index (χ1n) is 5.39. The lowest BCUT2D eigenvalue weighted by Gasteiger charge is -1.95. The highest BCUT2D eigenvalue weighted by Gasteiger charge is 2.17. The number of para-hydroxylation sites is 1. The van der Waals surface area contributed by atoms with Gasteiger partial charge in [-0.15, -0.1) is 0 Å². The minimum absolute atomic E-state index is 0.00860. The van der Waals surface area contributed by atoms with Crippen LogP contribution in [0.5, 0.6) is 0 Å². The molecular weight excluding hydrogens is 251 g/mol. The highest BCUT2D eigenvalue weighted by molar-refractivity contribution is 6.00. The fourth-order valence-corrected chi connectivity index (χ4v) is 1.78. The number of aromatic carboxylic acids is 1. The molecule has 0 aliphatic carbocycles. The highest BCUT2D eigenvalue weighted by atomic mass is 19.1. The molecule has 0 spiro atoms. The van der Waals surface area contributed by atoms with E-state index in [-0.39, 0.29) is 22.6 Å². The first kappa shape index (κ1) is 11.3. The van der Waals surface area contributed by atoms with Crippen molar-refractivity contribution in [3.63, 3.8) is 0 Å². The Morgan fingerprint density at radius 3 is 2.89 bits per heavy atom. The first-order chi connectivity index (χ1) is 9.16. The predicted molar refractivity (Wildman–Crippen MR) is 64.2 cm³/mol. The number of fused-ring (bicyclic) bond motifs is 1. The van der Waals surface area contributed by atoms with Gasteiger partial charge in [0.1, 0.15) is 11.1 Å². The Bertz CT molecular complexity index is 782. The fraction of sp³-hybridized carbons (Fsp3) is 0. The molecule has 19 heavy (non-hydrogen) atoms. The maximum Gasteiger partial charge on any atom is 0.339 e. The first-order valence-corrected chi connectivity index (χ1v) is 5.39. The summed E-state index contributed by atoms with van der Waals surface area (Å²) in [6.45, 7) is 0. The van der Waals surface area contributed by atoms with Gasteiger partial charge in [0.2, 0.25) is 5.89 Å². The second-order valence-electron chi connectivity index (χ2n) is 3.83. The third-order valence-corrected chi connectivity index (χ3v) is 2.65. The van der Waals surface area contributed by atoms with Crippen LogP contribution in [-0.2, 0) is 0 Å². The van der Waals surface area contributed by atoms with Crippen molar-refractivity contribution < 1.29 is 18.7 Å². The van der Waals surface area contributed by atoms with Gasteiger partial charge in [0.25, 0.3) is 0 Å². The molecule has 1 N–H and O–H groups in total. The van der Waals surface area contributed by atoms with Gasteiger partial charge < -0.3 is 9.52 Å². The van der Waals surface area contributed by atoms with Gasteiger partial charge in [0.15, 0.2) is 11.4 Å². The number of hydrogen-bond acceptors (Lipinski definition) is 4. The van der Waals surface area contributed by atoms with Crippen LogP contribution in [0.15, 0.2) is 41.1 Å². The SMILES string of the molecule is O=C(O)c1cccc2nc(-c3ccncc3F)oc12. The van der Waals surface area contributed by atoms with Crippen LogP contribution >= 0.6 is 0 Å². The van der Waals surface area contributed by atoms with Crippen molar-refractivity contribution >= 4 is 17.1 Å². The molecule has 0 aliphatic rings. The van der Waals surface area contributed by atoms with E-state index in [0.717, 1.165) is 6.20 Å². The molecule has 0 radical (unpaired) electrons.